The minimum atomic E-state index is -0.395. The molecule has 2 rings (SSSR count). The van der Waals surface area contributed by atoms with Crippen LogP contribution in [0.2, 0.25) is 5.02 Å². The number of aryl methyl sites for hydroxylation is 1. The second-order valence-corrected chi connectivity index (χ2v) is 4.45. The lowest BCUT2D eigenvalue weighted by atomic mass is 10.2. The van der Waals surface area contributed by atoms with Gasteiger partial charge in [0.05, 0.1) is 5.02 Å². The number of hydrogen-bond donors (Lipinski definition) is 1. The molecule has 1 N–H and O–H groups in total. The molecule has 0 radical (unpaired) electrons. The van der Waals surface area contributed by atoms with Crippen LogP contribution in [-0.4, -0.2) is 9.55 Å². The summed E-state index contributed by atoms with van der Waals surface area (Å²) in [5, 5.41) is 3.36. The van der Waals surface area contributed by atoms with Crippen LogP contribution in [0.1, 0.15) is 18.9 Å². The predicted molar refractivity (Wildman–Crippen MR) is 71.3 cm³/mol. The van der Waals surface area contributed by atoms with Crippen molar-refractivity contribution in [2.45, 2.75) is 26.4 Å². The first kappa shape index (κ1) is 12.9. The van der Waals surface area contributed by atoms with Gasteiger partial charge in [0.25, 0.3) is 0 Å². The molecule has 18 heavy (non-hydrogen) atoms. The first-order chi connectivity index (χ1) is 8.70. The Morgan fingerprint density at radius 1 is 1.44 bits per heavy atom. The largest absolute Gasteiger partial charge is 0.352 e. The molecule has 0 saturated carbocycles. The number of rotatable bonds is 5. The topological polar surface area (TPSA) is 29.9 Å². The molecule has 0 aliphatic rings. The molecule has 96 valence electrons. The molecule has 0 amide bonds. The Morgan fingerprint density at radius 3 is 3.00 bits per heavy atom. The molecule has 0 unspecified atom stereocenters. The Labute approximate surface area is 111 Å². The SMILES string of the molecule is CCCn1ccnc1NCc1ccc(F)c(Cl)c1. The predicted octanol–water partition coefficient (Wildman–Crippen LogP) is 3.70. The Kier molecular flexibility index (Phi) is 4.20. The fourth-order valence-corrected chi connectivity index (χ4v) is 1.93. The Hall–Kier alpha value is -1.55. The third-order valence-corrected chi connectivity index (χ3v) is 2.90. The fraction of sp³-hybridized carbons (Fsp3) is 0.308. The summed E-state index contributed by atoms with van der Waals surface area (Å²) in [6.07, 6.45) is 4.74. The summed E-state index contributed by atoms with van der Waals surface area (Å²) in [6, 6.07) is 4.70. The van der Waals surface area contributed by atoms with Crippen LogP contribution >= 0.6 is 11.6 Å². The molecule has 5 heteroatoms. The van der Waals surface area contributed by atoms with Crippen molar-refractivity contribution in [1.29, 1.82) is 0 Å². The van der Waals surface area contributed by atoms with Crippen molar-refractivity contribution in [3.8, 4) is 0 Å². The van der Waals surface area contributed by atoms with Crippen LogP contribution in [0.15, 0.2) is 30.6 Å². The zero-order valence-electron chi connectivity index (χ0n) is 10.2. The highest BCUT2D eigenvalue weighted by molar-refractivity contribution is 6.30. The van der Waals surface area contributed by atoms with Crippen LogP contribution in [0.3, 0.4) is 0 Å². The lowest BCUT2D eigenvalue weighted by molar-refractivity contribution is 0.627. The fourth-order valence-electron chi connectivity index (χ4n) is 1.73. The lowest BCUT2D eigenvalue weighted by Gasteiger charge is -2.09. The Morgan fingerprint density at radius 2 is 2.28 bits per heavy atom. The van der Waals surface area contributed by atoms with E-state index in [9.17, 15) is 4.39 Å². The molecule has 0 fully saturated rings. The number of halogens is 2. The molecule has 0 aliphatic carbocycles. The van der Waals surface area contributed by atoms with E-state index in [4.69, 9.17) is 11.6 Å². The Balaban J connectivity index is 2.02. The van der Waals surface area contributed by atoms with Gasteiger partial charge in [-0.25, -0.2) is 9.37 Å². The first-order valence-electron chi connectivity index (χ1n) is 5.89. The van der Waals surface area contributed by atoms with E-state index in [0.717, 1.165) is 24.5 Å². The maximum atomic E-state index is 13.0. The minimum absolute atomic E-state index is 0.145. The van der Waals surface area contributed by atoms with Gasteiger partial charge in [-0.2, -0.15) is 0 Å². The van der Waals surface area contributed by atoms with E-state index in [1.54, 1.807) is 18.3 Å². The zero-order valence-corrected chi connectivity index (χ0v) is 10.9. The van der Waals surface area contributed by atoms with Gasteiger partial charge in [0.1, 0.15) is 5.82 Å². The van der Waals surface area contributed by atoms with Gasteiger partial charge in [-0.15, -0.1) is 0 Å². The standard InChI is InChI=1S/C13H15ClFN3/c1-2-6-18-7-5-16-13(18)17-9-10-3-4-12(15)11(14)8-10/h3-5,7-8H,2,6,9H2,1H3,(H,16,17). The number of imidazole rings is 1. The van der Waals surface area contributed by atoms with Gasteiger partial charge in [-0.1, -0.05) is 24.6 Å². The van der Waals surface area contributed by atoms with E-state index in [-0.39, 0.29) is 5.02 Å². The van der Waals surface area contributed by atoms with Gasteiger partial charge in [0, 0.05) is 25.5 Å². The molecule has 1 aromatic carbocycles. The van der Waals surface area contributed by atoms with Crippen LogP contribution in [0.4, 0.5) is 10.3 Å². The lowest BCUT2D eigenvalue weighted by Crippen LogP contribution is -2.07. The van der Waals surface area contributed by atoms with Crippen LogP contribution in [0, 0.1) is 5.82 Å². The van der Waals surface area contributed by atoms with Crippen molar-refractivity contribution in [2.75, 3.05) is 5.32 Å². The summed E-state index contributed by atoms with van der Waals surface area (Å²) < 4.78 is 15.1. The summed E-state index contributed by atoms with van der Waals surface area (Å²) in [7, 11) is 0. The normalized spacial score (nSPS) is 10.6. The first-order valence-corrected chi connectivity index (χ1v) is 6.27. The second-order valence-electron chi connectivity index (χ2n) is 4.05. The monoisotopic (exact) mass is 267 g/mol. The molecular weight excluding hydrogens is 253 g/mol. The summed E-state index contributed by atoms with van der Waals surface area (Å²) in [5.41, 5.74) is 0.924. The maximum Gasteiger partial charge on any atom is 0.203 e. The third kappa shape index (κ3) is 3.01. The van der Waals surface area contributed by atoms with Crippen LogP contribution in [0.25, 0.3) is 0 Å². The van der Waals surface area contributed by atoms with Gasteiger partial charge in [0.15, 0.2) is 0 Å². The van der Waals surface area contributed by atoms with E-state index in [0.29, 0.717) is 6.54 Å². The maximum absolute atomic E-state index is 13.0. The average molecular weight is 268 g/mol. The Bertz CT molecular complexity index is 525. The molecule has 0 atom stereocenters. The van der Waals surface area contributed by atoms with Crippen molar-refractivity contribution >= 4 is 17.5 Å². The van der Waals surface area contributed by atoms with Gasteiger partial charge in [-0.3, -0.25) is 0 Å². The zero-order chi connectivity index (χ0) is 13.0. The smallest absolute Gasteiger partial charge is 0.203 e. The van der Waals surface area contributed by atoms with Crippen molar-refractivity contribution in [1.82, 2.24) is 9.55 Å². The van der Waals surface area contributed by atoms with Gasteiger partial charge in [-0.05, 0) is 24.1 Å². The minimum Gasteiger partial charge on any atom is -0.352 e. The van der Waals surface area contributed by atoms with Crippen LogP contribution < -0.4 is 5.32 Å². The molecule has 1 aromatic heterocycles. The quantitative estimate of drug-likeness (QED) is 0.895. The van der Waals surface area contributed by atoms with Crippen LogP contribution in [-0.2, 0) is 13.1 Å². The number of nitrogens with zero attached hydrogens (tertiary/aromatic N) is 2. The molecule has 0 bridgehead atoms. The highest BCUT2D eigenvalue weighted by Gasteiger charge is 2.03. The highest BCUT2D eigenvalue weighted by Crippen LogP contribution is 2.17. The number of benzene rings is 1. The van der Waals surface area contributed by atoms with E-state index in [2.05, 4.69) is 17.2 Å². The highest BCUT2D eigenvalue weighted by atomic mass is 35.5. The van der Waals surface area contributed by atoms with Crippen molar-refractivity contribution < 1.29 is 4.39 Å². The van der Waals surface area contributed by atoms with E-state index in [1.807, 2.05) is 10.8 Å². The number of anilines is 1. The molecule has 1 heterocycles. The summed E-state index contributed by atoms with van der Waals surface area (Å²) in [6.45, 7) is 3.61. The molecule has 2 aromatic rings. The number of hydrogen-bond acceptors (Lipinski definition) is 2. The summed E-state index contributed by atoms with van der Waals surface area (Å²) in [5.74, 6) is 0.421. The van der Waals surface area contributed by atoms with Crippen molar-refractivity contribution in [3.63, 3.8) is 0 Å². The van der Waals surface area contributed by atoms with E-state index < -0.39 is 5.82 Å². The van der Waals surface area contributed by atoms with E-state index in [1.165, 1.54) is 6.07 Å². The number of nitrogens with one attached hydrogen (secondary N) is 1. The molecule has 0 aliphatic heterocycles. The van der Waals surface area contributed by atoms with Gasteiger partial charge >= 0.3 is 0 Å². The molecule has 0 saturated heterocycles. The van der Waals surface area contributed by atoms with Crippen molar-refractivity contribution in [3.05, 3.63) is 47.0 Å². The van der Waals surface area contributed by atoms with Crippen molar-refractivity contribution in [2.24, 2.45) is 0 Å². The van der Waals surface area contributed by atoms with E-state index >= 15 is 0 Å². The molecular formula is C13H15ClFN3. The summed E-state index contributed by atoms with van der Waals surface area (Å²) >= 11 is 5.73. The number of aromatic nitrogens is 2. The third-order valence-electron chi connectivity index (χ3n) is 2.61. The summed E-state index contributed by atoms with van der Waals surface area (Å²) in [4.78, 5) is 4.23. The average Bonchev–Trinajstić information content (AvgIpc) is 2.79. The van der Waals surface area contributed by atoms with Gasteiger partial charge in [0.2, 0.25) is 5.95 Å². The van der Waals surface area contributed by atoms with Crippen LogP contribution in [0.5, 0.6) is 0 Å². The van der Waals surface area contributed by atoms with Gasteiger partial charge < -0.3 is 9.88 Å². The molecule has 0 spiro atoms. The second kappa shape index (κ2) is 5.87. The molecule has 3 nitrogen and oxygen atoms in total.